The maximum absolute atomic E-state index is 3.32. The molecule has 1 aromatic rings. The van der Waals surface area contributed by atoms with E-state index in [2.05, 4.69) is 59.4 Å². The molecule has 1 heterocycles. The average Bonchev–Trinajstić information content (AvgIpc) is 2.37. The number of benzene rings is 1. The number of piperazine rings is 1. The monoisotopic (exact) mass is 247 g/mol. The van der Waals surface area contributed by atoms with Crippen LogP contribution in [0, 0.1) is 0 Å². The minimum absolute atomic E-state index is 0.608. The molecular formula is C15H25N3. The van der Waals surface area contributed by atoms with Gasteiger partial charge in [0.1, 0.15) is 0 Å². The van der Waals surface area contributed by atoms with Crippen LogP contribution in [-0.4, -0.2) is 55.6 Å². The molecule has 1 N–H and O–H groups in total. The van der Waals surface area contributed by atoms with Gasteiger partial charge in [-0.2, -0.15) is 0 Å². The van der Waals surface area contributed by atoms with Gasteiger partial charge in [-0.3, -0.25) is 4.90 Å². The molecule has 18 heavy (non-hydrogen) atoms. The number of hydrogen-bond acceptors (Lipinski definition) is 3. The van der Waals surface area contributed by atoms with Gasteiger partial charge in [0.25, 0.3) is 0 Å². The summed E-state index contributed by atoms with van der Waals surface area (Å²) in [6.45, 7) is 6.73. The van der Waals surface area contributed by atoms with E-state index < -0.39 is 0 Å². The Morgan fingerprint density at radius 3 is 2.61 bits per heavy atom. The third kappa shape index (κ3) is 3.31. The summed E-state index contributed by atoms with van der Waals surface area (Å²) in [6.07, 6.45) is 0. The largest absolute Gasteiger partial charge is 0.318 e. The van der Waals surface area contributed by atoms with E-state index >= 15 is 0 Å². The van der Waals surface area contributed by atoms with Crippen molar-refractivity contribution < 1.29 is 0 Å². The zero-order valence-electron chi connectivity index (χ0n) is 11.8. The molecule has 0 saturated carbocycles. The van der Waals surface area contributed by atoms with Crippen LogP contribution in [0.15, 0.2) is 30.3 Å². The Kier molecular flexibility index (Phi) is 4.75. The van der Waals surface area contributed by atoms with Crippen LogP contribution < -0.4 is 5.32 Å². The molecule has 3 nitrogen and oxygen atoms in total. The van der Waals surface area contributed by atoms with Crippen LogP contribution >= 0.6 is 0 Å². The molecule has 2 rings (SSSR count). The first-order valence-corrected chi connectivity index (χ1v) is 6.83. The van der Waals surface area contributed by atoms with E-state index in [-0.39, 0.29) is 0 Å². The highest BCUT2D eigenvalue weighted by molar-refractivity contribution is 5.15. The molecule has 0 aliphatic carbocycles. The fraction of sp³-hybridized carbons (Fsp3) is 0.600. The van der Waals surface area contributed by atoms with Gasteiger partial charge in [-0.05, 0) is 26.6 Å². The van der Waals surface area contributed by atoms with Gasteiger partial charge in [0, 0.05) is 38.3 Å². The SMILES string of the molecule is CNCC1CN(C)C(C)CN1Cc1ccccc1. The summed E-state index contributed by atoms with van der Waals surface area (Å²) in [5.41, 5.74) is 1.41. The van der Waals surface area contributed by atoms with E-state index in [9.17, 15) is 0 Å². The lowest BCUT2D eigenvalue weighted by atomic mass is 10.1. The van der Waals surface area contributed by atoms with E-state index in [1.54, 1.807) is 0 Å². The number of nitrogens with one attached hydrogen (secondary N) is 1. The maximum Gasteiger partial charge on any atom is 0.0351 e. The standard InChI is InChI=1S/C15H25N3/c1-13-10-18(11-14-7-5-4-6-8-14)15(9-16-2)12-17(13)3/h4-8,13,15-16H,9-12H2,1-3H3. The van der Waals surface area contributed by atoms with Crippen LogP contribution in [0.2, 0.25) is 0 Å². The molecule has 0 bridgehead atoms. The van der Waals surface area contributed by atoms with Gasteiger partial charge in [-0.25, -0.2) is 0 Å². The normalized spacial score (nSPS) is 26.4. The number of hydrogen-bond donors (Lipinski definition) is 1. The van der Waals surface area contributed by atoms with Gasteiger partial charge in [0.2, 0.25) is 0 Å². The molecule has 2 unspecified atom stereocenters. The van der Waals surface area contributed by atoms with Crippen LogP contribution in [0.4, 0.5) is 0 Å². The lowest BCUT2D eigenvalue weighted by Gasteiger charge is -2.44. The van der Waals surface area contributed by atoms with Crippen molar-refractivity contribution in [1.82, 2.24) is 15.1 Å². The molecule has 100 valence electrons. The summed E-state index contributed by atoms with van der Waals surface area (Å²) >= 11 is 0. The molecule has 0 aromatic heterocycles. The first-order valence-electron chi connectivity index (χ1n) is 6.83. The van der Waals surface area contributed by atoms with Crippen molar-refractivity contribution in [2.45, 2.75) is 25.6 Å². The second kappa shape index (κ2) is 6.32. The molecule has 1 saturated heterocycles. The molecule has 3 heteroatoms. The van der Waals surface area contributed by atoms with Gasteiger partial charge in [-0.1, -0.05) is 30.3 Å². The Morgan fingerprint density at radius 1 is 1.22 bits per heavy atom. The van der Waals surface area contributed by atoms with E-state index in [4.69, 9.17) is 0 Å². The quantitative estimate of drug-likeness (QED) is 0.868. The van der Waals surface area contributed by atoms with Crippen molar-refractivity contribution in [1.29, 1.82) is 0 Å². The molecule has 0 spiro atoms. The van der Waals surface area contributed by atoms with Crippen LogP contribution in [-0.2, 0) is 6.54 Å². The van der Waals surface area contributed by atoms with Crippen LogP contribution in [0.25, 0.3) is 0 Å². The predicted octanol–water partition coefficient (Wildman–Crippen LogP) is 1.41. The second-order valence-corrected chi connectivity index (χ2v) is 5.42. The Balaban J connectivity index is 2.03. The smallest absolute Gasteiger partial charge is 0.0351 e. The molecule has 0 amide bonds. The number of rotatable bonds is 4. The highest BCUT2D eigenvalue weighted by Crippen LogP contribution is 2.16. The van der Waals surface area contributed by atoms with E-state index in [1.807, 2.05) is 7.05 Å². The molecule has 1 aliphatic heterocycles. The lowest BCUT2D eigenvalue weighted by Crippen LogP contribution is -2.58. The van der Waals surface area contributed by atoms with Gasteiger partial charge in [0.05, 0.1) is 0 Å². The molecule has 1 fully saturated rings. The average molecular weight is 247 g/mol. The minimum Gasteiger partial charge on any atom is -0.318 e. The van der Waals surface area contributed by atoms with Gasteiger partial charge < -0.3 is 10.2 Å². The van der Waals surface area contributed by atoms with Gasteiger partial charge in [-0.15, -0.1) is 0 Å². The van der Waals surface area contributed by atoms with Crippen molar-refractivity contribution >= 4 is 0 Å². The molecule has 1 aromatic carbocycles. The Morgan fingerprint density at radius 2 is 1.94 bits per heavy atom. The summed E-state index contributed by atoms with van der Waals surface area (Å²) in [5.74, 6) is 0. The van der Waals surface area contributed by atoms with E-state index in [1.165, 1.54) is 5.56 Å². The highest BCUT2D eigenvalue weighted by atomic mass is 15.3. The zero-order valence-corrected chi connectivity index (χ0v) is 11.8. The number of nitrogens with zero attached hydrogens (tertiary/aromatic N) is 2. The Labute approximate surface area is 111 Å². The number of likely N-dealkylation sites (N-methyl/N-ethyl adjacent to an activating group) is 2. The molecular weight excluding hydrogens is 222 g/mol. The fourth-order valence-corrected chi connectivity index (χ4v) is 2.70. The van der Waals surface area contributed by atoms with Crippen LogP contribution in [0.5, 0.6) is 0 Å². The topological polar surface area (TPSA) is 18.5 Å². The van der Waals surface area contributed by atoms with E-state index in [0.717, 1.165) is 26.2 Å². The highest BCUT2D eigenvalue weighted by Gasteiger charge is 2.28. The summed E-state index contributed by atoms with van der Waals surface area (Å²) in [7, 11) is 4.27. The summed E-state index contributed by atoms with van der Waals surface area (Å²) < 4.78 is 0. The lowest BCUT2D eigenvalue weighted by molar-refractivity contribution is 0.0468. The van der Waals surface area contributed by atoms with Crippen molar-refractivity contribution in [3.8, 4) is 0 Å². The second-order valence-electron chi connectivity index (χ2n) is 5.42. The van der Waals surface area contributed by atoms with Gasteiger partial charge >= 0.3 is 0 Å². The molecule has 0 radical (unpaired) electrons. The van der Waals surface area contributed by atoms with Crippen molar-refractivity contribution in [3.63, 3.8) is 0 Å². The predicted molar refractivity (Wildman–Crippen MR) is 76.7 cm³/mol. The molecule has 2 atom stereocenters. The van der Waals surface area contributed by atoms with Crippen molar-refractivity contribution in [3.05, 3.63) is 35.9 Å². The maximum atomic E-state index is 3.32. The Bertz CT molecular complexity index is 352. The third-order valence-corrected chi connectivity index (χ3v) is 3.93. The summed E-state index contributed by atoms with van der Waals surface area (Å²) in [5, 5.41) is 3.32. The van der Waals surface area contributed by atoms with E-state index in [0.29, 0.717) is 12.1 Å². The first kappa shape index (κ1) is 13.5. The van der Waals surface area contributed by atoms with Crippen LogP contribution in [0.1, 0.15) is 12.5 Å². The zero-order chi connectivity index (χ0) is 13.0. The van der Waals surface area contributed by atoms with Crippen molar-refractivity contribution in [2.75, 3.05) is 33.7 Å². The fourth-order valence-electron chi connectivity index (χ4n) is 2.70. The Hall–Kier alpha value is -0.900. The first-order chi connectivity index (χ1) is 8.70. The molecule has 1 aliphatic rings. The minimum atomic E-state index is 0.608. The third-order valence-electron chi connectivity index (χ3n) is 3.93. The van der Waals surface area contributed by atoms with Crippen molar-refractivity contribution in [2.24, 2.45) is 0 Å². The summed E-state index contributed by atoms with van der Waals surface area (Å²) in [4.78, 5) is 5.07. The van der Waals surface area contributed by atoms with Gasteiger partial charge in [0.15, 0.2) is 0 Å². The summed E-state index contributed by atoms with van der Waals surface area (Å²) in [6, 6.07) is 12.0. The van der Waals surface area contributed by atoms with Crippen LogP contribution in [0.3, 0.4) is 0 Å².